The van der Waals surface area contributed by atoms with E-state index < -0.39 is 0 Å². The summed E-state index contributed by atoms with van der Waals surface area (Å²) in [6.45, 7) is 7.06. The van der Waals surface area contributed by atoms with Gasteiger partial charge in [0.25, 0.3) is 0 Å². The third-order valence-corrected chi connectivity index (χ3v) is 3.76. The van der Waals surface area contributed by atoms with Crippen LogP contribution in [0, 0.1) is 5.92 Å². The lowest BCUT2D eigenvalue weighted by molar-refractivity contribution is 0.0153. The average Bonchev–Trinajstić information content (AvgIpc) is 2.18. The molecule has 0 spiro atoms. The summed E-state index contributed by atoms with van der Waals surface area (Å²) in [5.74, 6) is 0.934. The van der Waals surface area contributed by atoms with Crippen LogP contribution in [0.2, 0.25) is 0 Å². The van der Waals surface area contributed by atoms with Crippen LogP contribution < -0.4 is 5.73 Å². The molecule has 3 aliphatic rings. The topological polar surface area (TPSA) is 32.5 Å². The fourth-order valence-corrected chi connectivity index (χ4v) is 3.02. The number of rotatable bonds is 3. The maximum absolute atomic E-state index is 5.84. The van der Waals surface area contributed by atoms with Gasteiger partial charge in [-0.1, -0.05) is 0 Å². The first-order valence-electron chi connectivity index (χ1n) is 5.85. The first kappa shape index (κ1) is 10.4. The van der Waals surface area contributed by atoms with Crippen molar-refractivity contribution in [3.05, 3.63) is 0 Å². The van der Waals surface area contributed by atoms with Crippen molar-refractivity contribution in [1.82, 2.24) is 9.80 Å². The minimum atomic E-state index is 0.301. The van der Waals surface area contributed by atoms with Crippen LogP contribution in [-0.2, 0) is 0 Å². The number of piperidine rings is 3. The second-order valence-corrected chi connectivity index (χ2v) is 5.12. The number of nitrogens with zero attached hydrogens (tertiary/aromatic N) is 2. The first-order valence-corrected chi connectivity index (χ1v) is 5.85. The number of nitrogens with two attached hydrogens (primary N) is 1. The maximum Gasteiger partial charge on any atom is 0.0249 e. The molecule has 3 fully saturated rings. The first-order chi connectivity index (χ1) is 6.66. The Bertz CT molecular complexity index is 185. The lowest BCUT2D eigenvalue weighted by Crippen LogP contribution is -2.57. The molecule has 3 nitrogen and oxygen atoms in total. The summed E-state index contributed by atoms with van der Waals surface area (Å²) in [5, 5.41) is 0. The molecule has 3 aliphatic heterocycles. The molecule has 0 aromatic carbocycles. The van der Waals surface area contributed by atoms with Crippen molar-refractivity contribution in [3.63, 3.8) is 0 Å². The van der Waals surface area contributed by atoms with Crippen LogP contribution in [0.3, 0.4) is 0 Å². The van der Waals surface area contributed by atoms with Gasteiger partial charge in [0, 0.05) is 25.2 Å². The van der Waals surface area contributed by atoms with Gasteiger partial charge in [0.2, 0.25) is 0 Å². The van der Waals surface area contributed by atoms with Crippen molar-refractivity contribution in [2.75, 3.05) is 33.2 Å². The Morgan fingerprint density at radius 1 is 1.43 bits per heavy atom. The van der Waals surface area contributed by atoms with Crippen LogP contribution in [0.1, 0.15) is 19.8 Å². The van der Waals surface area contributed by atoms with Crippen LogP contribution in [0.5, 0.6) is 0 Å². The van der Waals surface area contributed by atoms with Crippen LogP contribution >= 0.6 is 0 Å². The van der Waals surface area contributed by atoms with Crippen molar-refractivity contribution in [2.45, 2.75) is 31.8 Å². The van der Waals surface area contributed by atoms with Gasteiger partial charge in [-0.2, -0.15) is 0 Å². The van der Waals surface area contributed by atoms with Crippen LogP contribution in [0.4, 0.5) is 0 Å². The monoisotopic (exact) mass is 197 g/mol. The molecule has 1 unspecified atom stereocenters. The lowest BCUT2D eigenvalue weighted by atomic mass is 9.83. The molecule has 0 amide bonds. The van der Waals surface area contributed by atoms with E-state index in [1.54, 1.807) is 0 Å². The molecule has 3 heterocycles. The van der Waals surface area contributed by atoms with Gasteiger partial charge in [-0.3, -0.25) is 0 Å². The molecule has 2 bridgehead atoms. The zero-order chi connectivity index (χ0) is 10.1. The van der Waals surface area contributed by atoms with Gasteiger partial charge in [-0.15, -0.1) is 0 Å². The molecule has 3 saturated heterocycles. The summed E-state index contributed by atoms with van der Waals surface area (Å²) in [6.07, 6.45) is 2.79. The summed E-state index contributed by atoms with van der Waals surface area (Å²) in [7, 11) is 2.23. The van der Waals surface area contributed by atoms with Crippen LogP contribution in [0.25, 0.3) is 0 Å². The second kappa shape index (κ2) is 4.17. The zero-order valence-corrected chi connectivity index (χ0v) is 9.45. The van der Waals surface area contributed by atoms with Crippen molar-refractivity contribution >= 4 is 0 Å². The van der Waals surface area contributed by atoms with E-state index in [1.165, 1.54) is 32.5 Å². The average molecular weight is 197 g/mol. The van der Waals surface area contributed by atoms with Crippen molar-refractivity contribution in [1.29, 1.82) is 0 Å². The third kappa shape index (κ3) is 2.10. The van der Waals surface area contributed by atoms with Crippen molar-refractivity contribution in [3.8, 4) is 0 Å². The quantitative estimate of drug-likeness (QED) is 0.709. The van der Waals surface area contributed by atoms with E-state index in [4.69, 9.17) is 5.73 Å². The number of fused-ring (bicyclic) bond motifs is 3. The summed E-state index contributed by atoms with van der Waals surface area (Å²) < 4.78 is 0. The number of hydrogen-bond donors (Lipinski definition) is 1. The predicted octanol–water partition coefficient (Wildman–Crippen LogP) is 0.360. The smallest absolute Gasteiger partial charge is 0.0249 e. The van der Waals surface area contributed by atoms with Crippen molar-refractivity contribution < 1.29 is 0 Å². The van der Waals surface area contributed by atoms with Gasteiger partial charge < -0.3 is 15.5 Å². The van der Waals surface area contributed by atoms with Crippen molar-refractivity contribution in [2.24, 2.45) is 11.7 Å². The Hall–Kier alpha value is -0.120. The summed E-state index contributed by atoms with van der Waals surface area (Å²) >= 11 is 0. The highest BCUT2D eigenvalue weighted by molar-refractivity contribution is 4.91. The standard InChI is InChI=1S/C11H23N3/c1-9(12)7-13(2)11-8-14-5-3-10(11)4-6-14/h9-11H,3-8,12H2,1-2H3/t9-,11?/m1/s1. The fraction of sp³-hybridized carbons (Fsp3) is 1.00. The number of hydrogen-bond acceptors (Lipinski definition) is 3. The minimum Gasteiger partial charge on any atom is -0.327 e. The third-order valence-electron chi connectivity index (χ3n) is 3.76. The maximum atomic E-state index is 5.84. The Labute approximate surface area is 87.2 Å². The highest BCUT2D eigenvalue weighted by atomic mass is 15.2. The highest BCUT2D eigenvalue weighted by Gasteiger charge is 2.36. The zero-order valence-electron chi connectivity index (χ0n) is 9.45. The Morgan fingerprint density at radius 2 is 2.07 bits per heavy atom. The van der Waals surface area contributed by atoms with E-state index in [-0.39, 0.29) is 0 Å². The Kier molecular flexibility index (Phi) is 3.10. The van der Waals surface area contributed by atoms with Gasteiger partial charge in [0.15, 0.2) is 0 Å². The largest absolute Gasteiger partial charge is 0.327 e. The molecule has 0 aromatic rings. The molecule has 0 saturated carbocycles. The predicted molar refractivity (Wildman–Crippen MR) is 59.2 cm³/mol. The highest BCUT2D eigenvalue weighted by Crippen LogP contribution is 2.30. The van der Waals surface area contributed by atoms with Gasteiger partial charge >= 0.3 is 0 Å². The minimum absolute atomic E-state index is 0.301. The molecular formula is C11H23N3. The summed E-state index contributed by atoms with van der Waals surface area (Å²) in [4.78, 5) is 5.07. The molecule has 0 aliphatic carbocycles. The van der Waals surface area contributed by atoms with E-state index in [9.17, 15) is 0 Å². The van der Waals surface area contributed by atoms with Crippen LogP contribution in [0.15, 0.2) is 0 Å². The number of likely N-dealkylation sites (N-methyl/N-ethyl adjacent to an activating group) is 1. The van der Waals surface area contributed by atoms with Crippen LogP contribution in [-0.4, -0.2) is 55.1 Å². The molecular weight excluding hydrogens is 174 g/mol. The fourth-order valence-electron chi connectivity index (χ4n) is 3.02. The molecule has 2 atom stereocenters. The van der Waals surface area contributed by atoms with Gasteiger partial charge in [0.05, 0.1) is 0 Å². The second-order valence-electron chi connectivity index (χ2n) is 5.12. The van der Waals surface area contributed by atoms with E-state index in [0.717, 1.165) is 18.5 Å². The van der Waals surface area contributed by atoms with E-state index in [1.807, 2.05) is 0 Å². The van der Waals surface area contributed by atoms with Gasteiger partial charge in [-0.25, -0.2) is 0 Å². The van der Waals surface area contributed by atoms with E-state index >= 15 is 0 Å². The molecule has 82 valence electrons. The van der Waals surface area contributed by atoms with E-state index in [0.29, 0.717) is 6.04 Å². The summed E-state index contributed by atoms with van der Waals surface area (Å²) in [5.41, 5.74) is 5.84. The molecule has 2 N–H and O–H groups in total. The Morgan fingerprint density at radius 3 is 2.50 bits per heavy atom. The molecule has 3 rings (SSSR count). The SMILES string of the molecule is C[C@@H](N)CN(C)C1CN2CCC1CC2. The summed E-state index contributed by atoms with van der Waals surface area (Å²) in [6, 6.07) is 1.07. The van der Waals surface area contributed by atoms with E-state index in [2.05, 4.69) is 23.8 Å². The Balaban J connectivity index is 1.91. The molecule has 0 aromatic heterocycles. The van der Waals surface area contributed by atoms with Gasteiger partial charge in [0.1, 0.15) is 0 Å². The van der Waals surface area contributed by atoms with Gasteiger partial charge in [-0.05, 0) is 45.8 Å². The molecule has 0 radical (unpaired) electrons. The molecule has 3 heteroatoms. The molecule has 14 heavy (non-hydrogen) atoms. The normalized spacial score (nSPS) is 39.0. The lowest BCUT2D eigenvalue weighted by Gasteiger charge is -2.48.